The van der Waals surface area contributed by atoms with E-state index >= 15 is 0 Å². The summed E-state index contributed by atoms with van der Waals surface area (Å²) >= 11 is 0. The van der Waals surface area contributed by atoms with Crippen LogP contribution in [0.25, 0.3) is 100 Å². The van der Waals surface area contributed by atoms with E-state index in [2.05, 4.69) is 91.7 Å². The molecule has 490 valence electrons. The number of nitrogens with zero attached hydrogens (tertiary/aromatic N) is 9. The molecule has 0 spiro atoms. The highest BCUT2D eigenvalue weighted by molar-refractivity contribution is 6.01. The fourth-order valence-electron chi connectivity index (χ4n) is 10.5. The standard InChI is InChI=1S/C24H25FN6O3.C23H21FN6O2.C22H22N6O2/c1-4-26-23(32)31-22-29-18-11-15(14-7-8-19(28-12-14)24(2,33)13-34-3)10-16(21(18)30-22)20-17(25)6-5-9-27-20;1-2-25-22(31)30-21-28-17-11-14(13-5-6-18(27-12-13)23(32)7-8-23)10-15(20(17)29-21)19-16(24)4-3-9-26-19;1-4-23-22(29)28-21-26-17-11-15(14-8-7-13(2)25-12-14)10-16(19(17)27-21)20-18(30-3)6-5-9-24-20/h5-12,33H,4,13H2,1-3H3,(H3,26,29,30,31,32);3-6,9-12,32H,2,7-8H2,1H3,(H3,25,28,29,30,31);5-12H,4H2,1-3H3,(H3,23,26,27,28,29). The third-order valence-corrected chi connectivity index (χ3v) is 15.4. The molecule has 0 radical (unpaired) electrons. The number of fused-ring (bicyclic) bond motifs is 3. The van der Waals surface area contributed by atoms with Crippen LogP contribution in [0.5, 0.6) is 5.75 Å². The number of benzene rings is 3. The Hall–Kier alpha value is -11.7. The lowest BCUT2D eigenvalue weighted by atomic mass is 9.98. The Bertz CT molecular complexity index is 4790. The summed E-state index contributed by atoms with van der Waals surface area (Å²) in [5, 5.41) is 36.8. The molecule has 12 aromatic rings. The van der Waals surface area contributed by atoms with Crippen molar-refractivity contribution in [2.45, 2.75) is 58.7 Å². The highest BCUT2D eigenvalue weighted by Gasteiger charge is 2.43. The minimum absolute atomic E-state index is 0.101. The number of aryl methyl sites for hydroxylation is 1. The Morgan fingerprint density at radius 1 is 0.542 bits per heavy atom. The molecule has 1 atom stereocenters. The molecule has 9 heterocycles. The SMILES string of the molecule is CCNC(=O)Nc1nc2c(-c3ncccc3F)cc(-c3ccc(C(C)(O)COC)nc3)cc2[nH]1.CCNC(=O)Nc1nc2c(-c3ncccc3F)cc(-c3ccc(C4(O)CC4)nc3)cc2[nH]1.CCNC(=O)Nc1nc2c(-c3ncccc3OC)cc(-c3ccc(C)nc3)cc2[nH]1. The molecule has 0 bridgehead atoms. The molecule has 11 N–H and O–H groups in total. The Morgan fingerprint density at radius 3 is 1.33 bits per heavy atom. The number of H-pyrrole nitrogens is 3. The highest BCUT2D eigenvalue weighted by atomic mass is 19.1. The molecule has 1 saturated carbocycles. The van der Waals surface area contributed by atoms with Gasteiger partial charge in [0.1, 0.15) is 62.2 Å². The van der Waals surface area contributed by atoms with Crippen molar-refractivity contribution in [1.82, 2.24) is 75.8 Å². The molecule has 6 amide bonds. The number of aromatic amines is 3. The van der Waals surface area contributed by atoms with E-state index < -0.39 is 34.9 Å². The molecular formula is C69H68F2N18O7. The molecule has 96 heavy (non-hydrogen) atoms. The summed E-state index contributed by atoms with van der Waals surface area (Å²) in [6, 6.07) is 30.7. The van der Waals surface area contributed by atoms with Crippen LogP contribution >= 0.6 is 0 Å². The smallest absolute Gasteiger partial charge is 0.321 e. The first kappa shape index (κ1) is 65.8. The van der Waals surface area contributed by atoms with Crippen LogP contribution < -0.4 is 36.6 Å². The van der Waals surface area contributed by atoms with Gasteiger partial charge in [0.25, 0.3) is 0 Å². The number of aromatic nitrogens is 12. The molecular weight excluding hydrogens is 1230 g/mol. The van der Waals surface area contributed by atoms with Crippen LogP contribution in [-0.2, 0) is 15.9 Å². The van der Waals surface area contributed by atoms with Gasteiger partial charge < -0.3 is 50.6 Å². The Balaban J connectivity index is 0.000000147. The number of ether oxygens (including phenoxy) is 2. The average Bonchev–Trinajstić information content (AvgIpc) is 1.55. The molecule has 13 rings (SSSR count). The van der Waals surface area contributed by atoms with E-state index in [0.29, 0.717) is 100.0 Å². The van der Waals surface area contributed by atoms with Crippen LogP contribution in [0.15, 0.2) is 146 Å². The highest BCUT2D eigenvalue weighted by Crippen LogP contribution is 2.45. The second-order valence-corrected chi connectivity index (χ2v) is 22.5. The van der Waals surface area contributed by atoms with Gasteiger partial charge in [-0.05, 0) is 155 Å². The first-order valence-electron chi connectivity index (χ1n) is 30.7. The van der Waals surface area contributed by atoms with Crippen molar-refractivity contribution in [1.29, 1.82) is 0 Å². The largest absolute Gasteiger partial charge is 0.494 e. The zero-order valence-corrected chi connectivity index (χ0v) is 53.3. The summed E-state index contributed by atoms with van der Waals surface area (Å²) in [6.07, 6.45) is 11.3. The summed E-state index contributed by atoms with van der Waals surface area (Å²) < 4.78 is 39.9. The summed E-state index contributed by atoms with van der Waals surface area (Å²) in [4.78, 5) is 84.8. The van der Waals surface area contributed by atoms with Gasteiger partial charge in [0.05, 0.1) is 41.7 Å². The number of carbonyl (C=O) groups excluding carboxylic acids is 3. The predicted octanol–water partition coefficient (Wildman–Crippen LogP) is 11.9. The molecule has 1 unspecified atom stereocenters. The minimum Gasteiger partial charge on any atom is -0.494 e. The van der Waals surface area contributed by atoms with Gasteiger partial charge in [-0.2, -0.15) is 0 Å². The summed E-state index contributed by atoms with van der Waals surface area (Å²) in [5.74, 6) is 0.485. The Morgan fingerprint density at radius 2 is 0.958 bits per heavy atom. The molecule has 0 saturated heterocycles. The lowest BCUT2D eigenvalue weighted by molar-refractivity contribution is -0.0239. The normalized spacial score (nSPS) is 12.7. The van der Waals surface area contributed by atoms with Crippen molar-refractivity contribution in [3.05, 3.63) is 175 Å². The number of aliphatic hydroxyl groups is 2. The van der Waals surface area contributed by atoms with Crippen molar-refractivity contribution in [3.63, 3.8) is 0 Å². The maximum atomic E-state index is 14.7. The molecule has 1 fully saturated rings. The van der Waals surface area contributed by atoms with Gasteiger partial charge in [-0.25, -0.2) is 38.1 Å². The van der Waals surface area contributed by atoms with E-state index in [0.717, 1.165) is 50.2 Å². The van der Waals surface area contributed by atoms with Crippen LogP contribution in [0.2, 0.25) is 0 Å². The van der Waals surface area contributed by atoms with Crippen LogP contribution in [-0.4, -0.2) is 129 Å². The van der Waals surface area contributed by atoms with Crippen LogP contribution in [0.3, 0.4) is 0 Å². The molecule has 0 aliphatic heterocycles. The number of hydrogen-bond acceptors (Lipinski definition) is 16. The number of imidazole rings is 3. The van der Waals surface area contributed by atoms with Gasteiger partial charge in [-0.3, -0.25) is 45.9 Å². The lowest BCUT2D eigenvalue weighted by Crippen LogP contribution is -2.28. The number of amides is 6. The number of halogens is 2. The van der Waals surface area contributed by atoms with E-state index in [1.54, 1.807) is 57.7 Å². The number of carbonyl (C=O) groups is 3. The van der Waals surface area contributed by atoms with Gasteiger partial charge in [-0.1, -0.05) is 18.2 Å². The van der Waals surface area contributed by atoms with E-state index in [4.69, 9.17) is 9.47 Å². The van der Waals surface area contributed by atoms with Crippen molar-refractivity contribution in [2.75, 3.05) is 56.4 Å². The number of methoxy groups -OCH3 is 2. The van der Waals surface area contributed by atoms with Crippen molar-refractivity contribution >= 4 is 69.0 Å². The van der Waals surface area contributed by atoms with E-state index in [-0.39, 0.29) is 35.9 Å². The van der Waals surface area contributed by atoms with Gasteiger partial charge in [0, 0.05) is 103 Å². The number of urea groups is 3. The molecule has 3 aromatic carbocycles. The fraction of sp³-hybridized carbons (Fsp3) is 0.217. The quantitative estimate of drug-likeness (QED) is 0.0403. The molecule has 1 aliphatic carbocycles. The monoisotopic (exact) mass is 1300 g/mol. The van der Waals surface area contributed by atoms with Crippen LogP contribution in [0.1, 0.15) is 57.6 Å². The minimum atomic E-state index is -1.23. The van der Waals surface area contributed by atoms with Gasteiger partial charge in [-0.15, -0.1) is 0 Å². The summed E-state index contributed by atoms with van der Waals surface area (Å²) in [6.45, 7) is 10.6. The second-order valence-electron chi connectivity index (χ2n) is 22.5. The fourth-order valence-corrected chi connectivity index (χ4v) is 10.5. The van der Waals surface area contributed by atoms with E-state index in [1.807, 2.05) is 93.7 Å². The molecule has 1 aliphatic rings. The maximum absolute atomic E-state index is 14.7. The first-order valence-corrected chi connectivity index (χ1v) is 30.7. The number of nitrogens with one attached hydrogen (secondary N) is 9. The van der Waals surface area contributed by atoms with Crippen molar-refractivity contribution in [2.24, 2.45) is 0 Å². The number of rotatable bonds is 17. The van der Waals surface area contributed by atoms with Crippen molar-refractivity contribution in [3.8, 4) is 72.9 Å². The lowest BCUT2D eigenvalue weighted by Gasteiger charge is -2.21. The van der Waals surface area contributed by atoms with Gasteiger partial charge >= 0.3 is 18.1 Å². The van der Waals surface area contributed by atoms with E-state index in [1.165, 1.54) is 43.8 Å². The van der Waals surface area contributed by atoms with Gasteiger partial charge in [0.2, 0.25) is 17.8 Å². The predicted molar refractivity (Wildman–Crippen MR) is 362 cm³/mol. The third kappa shape index (κ3) is 14.9. The topological polar surface area (TPSA) is 346 Å². The second kappa shape index (κ2) is 28.7. The zero-order chi connectivity index (χ0) is 67.7. The van der Waals surface area contributed by atoms with Gasteiger partial charge in [0.15, 0.2) is 0 Å². The number of anilines is 3. The average molecular weight is 1300 g/mol. The Kier molecular flexibility index (Phi) is 19.7. The zero-order valence-electron chi connectivity index (χ0n) is 53.3. The molecule has 25 nitrogen and oxygen atoms in total. The first-order chi connectivity index (χ1) is 46.4. The third-order valence-electron chi connectivity index (χ3n) is 15.4. The number of pyridine rings is 6. The Labute approximate surface area is 548 Å². The summed E-state index contributed by atoms with van der Waals surface area (Å²) in [7, 11) is 3.12. The van der Waals surface area contributed by atoms with Crippen LogP contribution in [0, 0.1) is 18.6 Å². The molecule has 9 aromatic heterocycles. The van der Waals surface area contributed by atoms with Crippen LogP contribution in [0.4, 0.5) is 41.0 Å². The van der Waals surface area contributed by atoms with Crippen molar-refractivity contribution < 1.29 is 42.9 Å². The van der Waals surface area contributed by atoms with E-state index in [9.17, 15) is 33.4 Å². The summed E-state index contributed by atoms with van der Waals surface area (Å²) in [5.41, 5.74) is 11.2. The number of hydrogen-bond donors (Lipinski definition) is 11. The maximum Gasteiger partial charge on any atom is 0.321 e. The molecule has 27 heteroatoms.